The molecule has 1 aliphatic heterocycles. The summed E-state index contributed by atoms with van der Waals surface area (Å²) in [6.45, 7) is 7.18. The lowest BCUT2D eigenvalue weighted by molar-refractivity contribution is -0.142. The summed E-state index contributed by atoms with van der Waals surface area (Å²) in [6, 6.07) is 8.75. The number of ether oxygens (including phenoxy) is 2. The summed E-state index contributed by atoms with van der Waals surface area (Å²) in [5, 5.41) is 5.79. The topological polar surface area (TPSA) is 144 Å². The van der Waals surface area contributed by atoms with Crippen LogP contribution >= 0.6 is 0 Å². The van der Waals surface area contributed by atoms with Crippen LogP contribution in [0.3, 0.4) is 0 Å². The van der Waals surface area contributed by atoms with Crippen molar-refractivity contribution in [2.75, 3.05) is 56.8 Å². The fourth-order valence-corrected chi connectivity index (χ4v) is 6.83. The lowest BCUT2D eigenvalue weighted by Crippen LogP contribution is -2.41. The number of amides is 2. The molecular formula is C34H46N4O7S. The number of hydrogen-bond donors (Lipinski definition) is 2. The number of nitrogens with zero attached hydrogens (tertiary/aromatic N) is 2. The quantitative estimate of drug-likeness (QED) is 0.175. The van der Waals surface area contributed by atoms with Gasteiger partial charge in [0.25, 0.3) is 5.91 Å². The highest BCUT2D eigenvalue weighted by Crippen LogP contribution is 2.43. The van der Waals surface area contributed by atoms with Crippen LogP contribution in [0.25, 0.3) is 6.08 Å². The minimum Gasteiger partial charge on any atom is -0.460 e. The largest absolute Gasteiger partial charge is 0.460 e. The van der Waals surface area contributed by atoms with Gasteiger partial charge >= 0.3 is 5.97 Å². The van der Waals surface area contributed by atoms with Crippen LogP contribution < -0.4 is 10.6 Å². The normalized spacial score (nSPS) is 17.0. The minimum atomic E-state index is -3.08. The highest BCUT2D eigenvalue weighted by atomic mass is 32.2. The van der Waals surface area contributed by atoms with Crippen LogP contribution in [0.4, 0.5) is 5.69 Å². The third-order valence-corrected chi connectivity index (χ3v) is 9.76. The van der Waals surface area contributed by atoms with E-state index in [-0.39, 0.29) is 29.9 Å². The number of nitrogens with one attached hydrogen (secondary N) is 2. The Bertz CT molecular complexity index is 1490. The maximum absolute atomic E-state index is 13.8. The molecule has 0 unspecified atom stereocenters. The van der Waals surface area contributed by atoms with Crippen LogP contribution in [0.5, 0.6) is 0 Å². The second-order valence-electron chi connectivity index (χ2n) is 12.3. The van der Waals surface area contributed by atoms with Crippen molar-refractivity contribution in [2.24, 2.45) is 5.41 Å². The number of unbranched alkanes of at least 4 members (excludes halogenated alkanes) is 1. The van der Waals surface area contributed by atoms with Gasteiger partial charge in [-0.3, -0.25) is 19.5 Å². The van der Waals surface area contributed by atoms with Crippen LogP contribution in [0.2, 0.25) is 0 Å². The zero-order valence-electron chi connectivity index (χ0n) is 27.1. The summed E-state index contributed by atoms with van der Waals surface area (Å²) in [7, 11) is -3.08. The summed E-state index contributed by atoms with van der Waals surface area (Å²) in [5.74, 6) is -1.05. The van der Waals surface area contributed by atoms with E-state index in [1.165, 1.54) is 6.26 Å². The molecule has 1 aromatic carbocycles. The Morgan fingerprint density at radius 3 is 2.39 bits per heavy atom. The number of pyridine rings is 1. The molecule has 46 heavy (non-hydrogen) atoms. The standard InChI is InChI=1S/C34H46N4O7S/c1-25-12-16-35-26(2)30(25)31(39)36-28-10-8-27(9-11-28)24-29(32(40)45-22-19-38-17-20-44-21-18-38)37-33(41)34(13-4-5-14-34)15-6-7-23-46(3,42)43/h8-12,16,24H,4-7,13-15,17-23H2,1-3H3,(H,36,39)(H,37,41)/b29-24-. The number of sulfone groups is 1. The summed E-state index contributed by atoms with van der Waals surface area (Å²) >= 11 is 0. The summed E-state index contributed by atoms with van der Waals surface area (Å²) in [5.41, 5.74) is 2.57. The number of aryl methyl sites for hydroxylation is 2. The zero-order chi connectivity index (χ0) is 33.2. The lowest BCUT2D eigenvalue weighted by Gasteiger charge is -2.28. The molecule has 0 bridgehead atoms. The van der Waals surface area contributed by atoms with Crippen molar-refractivity contribution < 1.29 is 32.3 Å². The van der Waals surface area contributed by atoms with Crippen LogP contribution in [0.15, 0.2) is 42.2 Å². The van der Waals surface area contributed by atoms with E-state index in [0.29, 0.717) is 74.4 Å². The van der Waals surface area contributed by atoms with Gasteiger partial charge in [-0.2, -0.15) is 0 Å². The first-order valence-electron chi connectivity index (χ1n) is 16.0. The minimum absolute atomic E-state index is 0.0350. The second-order valence-corrected chi connectivity index (χ2v) is 14.6. The number of morpholine rings is 1. The van der Waals surface area contributed by atoms with Gasteiger partial charge < -0.3 is 20.1 Å². The van der Waals surface area contributed by atoms with Crippen molar-refractivity contribution in [1.29, 1.82) is 0 Å². The maximum atomic E-state index is 13.8. The molecule has 2 aliphatic rings. The maximum Gasteiger partial charge on any atom is 0.354 e. The third-order valence-electron chi connectivity index (χ3n) is 8.73. The van der Waals surface area contributed by atoms with Crippen molar-refractivity contribution in [3.63, 3.8) is 0 Å². The first-order chi connectivity index (χ1) is 22.0. The van der Waals surface area contributed by atoms with E-state index < -0.39 is 21.2 Å². The van der Waals surface area contributed by atoms with E-state index in [9.17, 15) is 22.8 Å². The predicted octanol–water partition coefficient (Wildman–Crippen LogP) is 4.06. The van der Waals surface area contributed by atoms with Gasteiger partial charge in [0.2, 0.25) is 5.91 Å². The highest BCUT2D eigenvalue weighted by Gasteiger charge is 2.41. The van der Waals surface area contributed by atoms with E-state index >= 15 is 0 Å². The zero-order valence-corrected chi connectivity index (χ0v) is 27.9. The Morgan fingerprint density at radius 2 is 1.74 bits per heavy atom. The molecule has 0 spiro atoms. The van der Waals surface area contributed by atoms with E-state index in [1.54, 1.807) is 49.5 Å². The van der Waals surface area contributed by atoms with Crippen molar-refractivity contribution in [1.82, 2.24) is 15.2 Å². The van der Waals surface area contributed by atoms with Crippen LogP contribution in [0.1, 0.15) is 72.1 Å². The Labute approximate surface area is 272 Å². The molecule has 1 saturated carbocycles. The van der Waals surface area contributed by atoms with Crippen molar-refractivity contribution in [2.45, 2.75) is 58.8 Å². The fourth-order valence-electron chi connectivity index (χ4n) is 6.10. The number of anilines is 1. The Hall–Kier alpha value is -3.61. The van der Waals surface area contributed by atoms with Gasteiger partial charge in [-0.1, -0.05) is 31.4 Å². The number of hydrogen-bond acceptors (Lipinski definition) is 9. The molecule has 2 heterocycles. The van der Waals surface area contributed by atoms with Gasteiger partial charge in [0, 0.05) is 48.9 Å². The number of benzene rings is 1. The molecule has 1 aromatic heterocycles. The number of carbonyl (C=O) groups is 3. The first kappa shape index (κ1) is 35.2. The Morgan fingerprint density at radius 1 is 1.04 bits per heavy atom. The molecule has 2 amide bonds. The highest BCUT2D eigenvalue weighted by molar-refractivity contribution is 7.90. The molecule has 4 rings (SSSR count). The molecule has 0 radical (unpaired) electrons. The molecule has 2 fully saturated rings. The smallest absolute Gasteiger partial charge is 0.354 e. The van der Waals surface area contributed by atoms with E-state index in [4.69, 9.17) is 9.47 Å². The molecule has 2 aromatic rings. The lowest BCUT2D eigenvalue weighted by atomic mass is 9.80. The number of rotatable bonds is 14. The summed E-state index contributed by atoms with van der Waals surface area (Å²) in [6.07, 6.45) is 9.28. The van der Waals surface area contributed by atoms with Crippen LogP contribution in [-0.2, 0) is 28.9 Å². The van der Waals surface area contributed by atoms with Gasteiger partial charge in [-0.25, -0.2) is 13.2 Å². The number of carbonyl (C=O) groups excluding carboxylic acids is 3. The van der Waals surface area contributed by atoms with Gasteiger partial charge in [0.15, 0.2) is 0 Å². The van der Waals surface area contributed by atoms with Gasteiger partial charge in [0.05, 0.1) is 24.5 Å². The summed E-state index contributed by atoms with van der Waals surface area (Å²) < 4.78 is 34.2. The Kier molecular flexibility index (Phi) is 12.5. The molecule has 250 valence electrons. The molecule has 1 saturated heterocycles. The number of esters is 1. The van der Waals surface area contributed by atoms with E-state index in [1.807, 2.05) is 6.92 Å². The predicted molar refractivity (Wildman–Crippen MR) is 177 cm³/mol. The molecular weight excluding hydrogens is 608 g/mol. The molecule has 1 aliphatic carbocycles. The molecule has 11 nitrogen and oxygen atoms in total. The first-order valence-corrected chi connectivity index (χ1v) is 18.0. The van der Waals surface area contributed by atoms with Gasteiger partial charge in [-0.15, -0.1) is 0 Å². The summed E-state index contributed by atoms with van der Waals surface area (Å²) in [4.78, 5) is 46.5. The molecule has 2 N–H and O–H groups in total. The average molecular weight is 655 g/mol. The van der Waals surface area contributed by atoms with Gasteiger partial charge in [0.1, 0.15) is 22.1 Å². The van der Waals surface area contributed by atoms with Crippen molar-refractivity contribution in [3.8, 4) is 0 Å². The molecule has 12 heteroatoms. The Balaban J connectivity index is 1.48. The molecule has 0 atom stereocenters. The van der Waals surface area contributed by atoms with E-state index in [0.717, 1.165) is 31.5 Å². The van der Waals surface area contributed by atoms with Gasteiger partial charge in [-0.05, 0) is 74.9 Å². The van der Waals surface area contributed by atoms with Crippen LogP contribution in [0, 0.1) is 19.3 Å². The van der Waals surface area contributed by atoms with E-state index in [2.05, 4.69) is 20.5 Å². The second kappa shape index (κ2) is 16.3. The third kappa shape index (κ3) is 10.2. The fraction of sp³-hybridized carbons (Fsp3) is 0.529. The monoisotopic (exact) mass is 654 g/mol. The van der Waals surface area contributed by atoms with Crippen LogP contribution in [-0.4, -0.2) is 87.5 Å². The van der Waals surface area contributed by atoms with Crippen molar-refractivity contribution in [3.05, 3.63) is 64.6 Å². The van der Waals surface area contributed by atoms with Crippen molar-refractivity contribution >= 4 is 39.4 Å². The average Bonchev–Trinajstić information content (AvgIpc) is 3.50. The number of aromatic nitrogens is 1. The SMILES string of the molecule is Cc1ccnc(C)c1C(=O)Nc1ccc(/C=C(\NC(=O)C2(CCCCS(C)(=O)=O)CCCC2)C(=O)OCCN2CCOCC2)cc1.